The van der Waals surface area contributed by atoms with Gasteiger partial charge in [0.2, 0.25) is 0 Å². The normalized spacial score (nSPS) is 17.6. The predicted octanol–water partition coefficient (Wildman–Crippen LogP) is 1.16. The van der Waals surface area contributed by atoms with Crippen molar-refractivity contribution in [2.24, 2.45) is 0 Å². The fourth-order valence-corrected chi connectivity index (χ4v) is 2.13. The highest BCUT2D eigenvalue weighted by Crippen LogP contribution is 2.19. The number of likely N-dealkylation sites (N-methyl/N-ethyl adjacent to an activating group) is 1. The molecule has 1 heterocycles. The summed E-state index contributed by atoms with van der Waals surface area (Å²) in [4.78, 5) is 12.8. The summed E-state index contributed by atoms with van der Waals surface area (Å²) in [5.41, 5.74) is 5.16. The number of nitro groups is 1. The van der Waals surface area contributed by atoms with Gasteiger partial charge in [-0.15, -0.1) is 0 Å². The van der Waals surface area contributed by atoms with Gasteiger partial charge in [0.15, 0.2) is 0 Å². The summed E-state index contributed by atoms with van der Waals surface area (Å²) in [6.07, 6.45) is 0. The van der Waals surface area contributed by atoms with Gasteiger partial charge in [-0.25, -0.2) is 5.01 Å². The number of hydrazine groups is 1. The van der Waals surface area contributed by atoms with Gasteiger partial charge in [0.25, 0.3) is 5.69 Å². The highest BCUT2D eigenvalue weighted by molar-refractivity contribution is 5.42. The highest BCUT2D eigenvalue weighted by atomic mass is 16.6. The van der Waals surface area contributed by atoms with Crippen LogP contribution < -0.4 is 5.43 Å². The Hall–Kier alpha value is -1.50. The van der Waals surface area contributed by atoms with Gasteiger partial charge >= 0.3 is 0 Å². The molecular weight excluding hydrogens is 244 g/mol. The molecule has 1 saturated heterocycles. The van der Waals surface area contributed by atoms with Crippen LogP contribution in [0.2, 0.25) is 0 Å². The van der Waals surface area contributed by atoms with Crippen LogP contribution in [-0.2, 0) is 6.54 Å². The van der Waals surface area contributed by atoms with Gasteiger partial charge in [-0.05, 0) is 19.5 Å². The predicted molar refractivity (Wildman–Crippen MR) is 73.7 cm³/mol. The number of piperazine rings is 1. The Bertz CT molecular complexity index is 456. The number of rotatable bonds is 4. The molecule has 0 saturated carbocycles. The van der Waals surface area contributed by atoms with E-state index in [9.17, 15) is 10.1 Å². The molecule has 1 aromatic carbocycles. The molecule has 1 N–H and O–H groups in total. The Morgan fingerprint density at radius 2 is 2.00 bits per heavy atom. The standard InChI is InChI=1S/C13H20N4O2/c1-11-3-4-12(9-13(11)17(18)19)10-14-16-7-5-15(2)6-8-16/h3-4,9,14H,5-8,10H2,1-2H3. The number of hydrogen-bond acceptors (Lipinski definition) is 5. The summed E-state index contributed by atoms with van der Waals surface area (Å²) < 4.78 is 0. The first-order valence-electron chi connectivity index (χ1n) is 6.47. The molecule has 0 radical (unpaired) electrons. The summed E-state index contributed by atoms with van der Waals surface area (Å²) in [5, 5.41) is 13.1. The van der Waals surface area contributed by atoms with Crippen LogP contribution in [-0.4, -0.2) is 48.1 Å². The molecule has 0 bridgehead atoms. The second-order valence-corrected chi connectivity index (χ2v) is 5.00. The number of aryl methyl sites for hydroxylation is 1. The molecule has 0 amide bonds. The van der Waals surface area contributed by atoms with E-state index in [4.69, 9.17) is 0 Å². The minimum absolute atomic E-state index is 0.192. The fourth-order valence-electron chi connectivity index (χ4n) is 2.13. The van der Waals surface area contributed by atoms with Gasteiger partial charge in [0.05, 0.1) is 4.92 Å². The highest BCUT2D eigenvalue weighted by Gasteiger charge is 2.14. The Labute approximate surface area is 113 Å². The second-order valence-electron chi connectivity index (χ2n) is 5.00. The molecular formula is C13H20N4O2. The van der Waals surface area contributed by atoms with Gasteiger partial charge in [-0.3, -0.25) is 15.5 Å². The third-order valence-electron chi connectivity index (χ3n) is 3.48. The molecule has 19 heavy (non-hydrogen) atoms. The molecule has 104 valence electrons. The fraction of sp³-hybridized carbons (Fsp3) is 0.538. The van der Waals surface area contributed by atoms with Crippen molar-refractivity contribution in [3.05, 3.63) is 39.4 Å². The summed E-state index contributed by atoms with van der Waals surface area (Å²) in [5.74, 6) is 0. The van der Waals surface area contributed by atoms with E-state index < -0.39 is 0 Å². The van der Waals surface area contributed by atoms with Crippen molar-refractivity contribution in [2.75, 3.05) is 33.2 Å². The van der Waals surface area contributed by atoms with Crippen LogP contribution in [0.5, 0.6) is 0 Å². The molecule has 6 nitrogen and oxygen atoms in total. The second kappa shape index (κ2) is 6.10. The molecule has 1 aliphatic heterocycles. The molecule has 2 rings (SSSR count). The molecule has 1 aromatic rings. The topological polar surface area (TPSA) is 61.6 Å². The first-order valence-corrected chi connectivity index (χ1v) is 6.47. The van der Waals surface area contributed by atoms with Crippen LogP contribution in [0.25, 0.3) is 0 Å². The van der Waals surface area contributed by atoms with E-state index in [-0.39, 0.29) is 10.6 Å². The quantitative estimate of drug-likeness (QED) is 0.653. The molecule has 6 heteroatoms. The average Bonchev–Trinajstić information content (AvgIpc) is 2.39. The van der Waals surface area contributed by atoms with Crippen molar-refractivity contribution in [3.8, 4) is 0 Å². The molecule has 0 atom stereocenters. The third-order valence-corrected chi connectivity index (χ3v) is 3.48. The van der Waals surface area contributed by atoms with E-state index in [0.29, 0.717) is 12.1 Å². The third kappa shape index (κ3) is 3.73. The van der Waals surface area contributed by atoms with E-state index in [1.54, 1.807) is 19.1 Å². The summed E-state index contributed by atoms with van der Waals surface area (Å²) >= 11 is 0. The van der Waals surface area contributed by atoms with Crippen molar-refractivity contribution in [1.82, 2.24) is 15.3 Å². The van der Waals surface area contributed by atoms with Crippen molar-refractivity contribution in [3.63, 3.8) is 0 Å². The van der Waals surface area contributed by atoms with E-state index in [1.165, 1.54) is 0 Å². The number of hydrogen-bond donors (Lipinski definition) is 1. The van der Waals surface area contributed by atoms with E-state index in [0.717, 1.165) is 31.7 Å². The lowest BCUT2D eigenvalue weighted by Crippen LogP contribution is -2.50. The zero-order valence-corrected chi connectivity index (χ0v) is 11.4. The smallest absolute Gasteiger partial charge is 0.272 e. The van der Waals surface area contributed by atoms with Gasteiger partial charge in [-0.2, -0.15) is 0 Å². The van der Waals surface area contributed by atoms with Gasteiger partial charge in [0, 0.05) is 44.4 Å². The van der Waals surface area contributed by atoms with Crippen LogP contribution in [0.4, 0.5) is 5.69 Å². The monoisotopic (exact) mass is 264 g/mol. The Morgan fingerprint density at radius 3 is 2.63 bits per heavy atom. The molecule has 0 aromatic heterocycles. The SMILES string of the molecule is Cc1ccc(CNN2CCN(C)CC2)cc1[N+](=O)[O-]. The van der Waals surface area contributed by atoms with Crippen LogP contribution in [0.15, 0.2) is 18.2 Å². The van der Waals surface area contributed by atoms with Crippen LogP contribution >= 0.6 is 0 Å². The largest absolute Gasteiger partial charge is 0.304 e. The number of nitrogens with zero attached hydrogens (tertiary/aromatic N) is 3. The number of benzene rings is 1. The van der Waals surface area contributed by atoms with Crippen molar-refractivity contribution < 1.29 is 4.92 Å². The zero-order valence-electron chi connectivity index (χ0n) is 11.4. The molecule has 1 fully saturated rings. The van der Waals surface area contributed by atoms with Crippen molar-refractivity contribution in [1.29, 1.82) is 0 Å². The minimum Gasteiger partial charge on any atom is -0.304 e. The number of nitrogens with one attached hydrogen (secondary N) is 1. The Morgan fingerprint density at radius 1 is 1.32 bits per heavy atom. The summed E-state index contributed by atoms with van der Waals surface area (Å²) in [6, 6.07) is 5.39. The molecule has 1 aliphatic rings. The first kappa shape index (κ1) is 13.9. The average molecular weight is 264 g/mol. The van der Waals surface area contributed by atoms with Crippen LogP contribution in [0, 0.1) is 17.0 Å². The van der Waals surface area contributed by atoms with Gasteiger partial charge in [-0.1, -0.05) is 12.1 Å². The lowest BCUT2D eigenvalue weighted by Gasteiger charge is -2.32. The molecule has 0 unspecified atom stereocenters. The van der Waals surface area contributed by atoms with Gasteiger partial charge < -0.3 is 4.90 Å². The lowest BCUT2D eigenvalue weighted by molar-refractivity contribution is -0.385. The maximum Gasteiger partial charge on any atom is 0.272 e. The van der Waals surface area contributed by atoms with Gasteiger partial charge in [0.1, 0.15) is 0 Å². The Kier molecular flexibility index (Phi) is 4.47. The van der Waals surface area contributed by atoms with Crippen molar-refractivity contribution in [2.45, 2.75) is 13.5 Å². The van der Waals surface area contributed by atoms with E-state index >= 15 is 0 Å². The summed E-state index contributed by atoms with van der Waals surface area (Å²) in [6.45, 7) is 6.43. The molecule has 0 spiro atoms. The summed E-state index contributed by atoms with van der Waals surface area (Å²) in [7, 11) is 2.11. The molecule has 0 aliphatic carbocycles. The van der Waals surface area contributed by atoms with E-state index in [2.05, 4.69) is 22.4 Å². The first-order chi connectivity index (χ1) is 9.06. The Balaban J connectivity index is 1.92. The van der Waals surface area contributed by atoms with Crippen LogP contribution in [0.1, 0.15) is 11.1 Å². The zero-order chi connectivity index (χ0) is 13.8. The maximum atomic E-state index is 10.9. The lowest BCUT2D eigenvalue weighted by atomic mass is 10.1. The van der Waals surface area contributed by atoms with Crippen molar-refractivity contribution >= 4 is 5.69 Å². The van der Waals surface area contributed by atoms with Crippen LogP contribution in [0.3, 0.4) is 0 Å². The number of nitro benzene ring substituents is 1. The minimum atomic E-state index is -0.325. The maximum absolute atomic E-state index is 10.9. The van der Waals surface area contributed by atoms with E-state index in [1.807, 2.05) is 6.07 Å².